The molecule has 1 N–H and O–H groups in total. The molecule has 1 unspecified atom stereocenters. The second-order valence-electron chi connectivity index (χ2n) is 23.7. The molecule has 3 aliphatic rings. The number of fused-ring (bicyclic) bond motifs is 5. The molecular weight excluding hydrogens is 1220 g/mol. The van der Waals surface area contributed by atoms with Gasteiger partial charge < -0.3 is 86.5 Å². The van der Waals surface area contributed by atoms with Crippen LogP contribution in [0.25, 0.3) is 22.0 Å². The van der Waals surface area contributed by atoms with Gasteiger partial charge in [0, 0.05) is 94.0 Å². The maximum absolute atomic E-state index is 13.7. The predicted molar refractivity (Wildman–Crippen MR) is 330 cm³/mol. The van der Waals surface area contributed by atoms with Crippen LogP contribution in [0.15, 0.2) is 54.7 Å². The number of methoxy groups -OCH3 is 2. The Morgan fingerprint density at radius 3 is 1.86 bits per heavy atom. The van der Waals surface area contributed by atoms with E-state index in [1.165, 1.54) is 59.0 Å². The molecule has 5 amide bonds. The summed E-state index contributed by atoms with van der Waals surface area (Å²) in [5.41, 5.74) is 2.92. The number of anilines is 1. The minimum atomic E-state index is -1.76. The summed E-state index contributed by atoms with van der Waals surface area (Å²) >= 11 is 0. The fraction of sp³-hybridized carbons (Fsp3) is 0.538. The number of hydrogen-bond donors (Lipinski definition) is 1. The van der Waals surface area contributed by atoms with E-state index in [4.69, 9.17) is 61.6 Å². The van der Waals surface area contributed by atoms with Crippen LogP contribution in [0.2, 0.25) is 0 Å². The maximum atomic E-state index is 13.7. The molecule has 28 heteroatoms. The van der Waals surface area contributed by atoms with Crippen molar-refractivity contribution in [3.05, 3.63) is 65.9 Å². The van der Waals surface area contributed by atoms with Gasteiger partial charge in [0.2, 0.25) is 30.8 Å². The predicted octanol–water partition coefficient (Wildman–Crippen LogP) is 7.85. The van der Waals surface area contributed by atoms with Crippen LogP contribution in [0.3, 0.4) is 0 Å². The van der Waals surface area contributed by atoms with Crippen LogP contribution < -0.4 is 33.6 Å². The van der Waals surface area contributed by atoms with E-state index in [2.05, 4.69) is 16.0 Å². The number of ether oxygens (including phenoxy) is 13. The smallest absolute Gasteiger partial charge is 0.415 e. The van der Waals surface area contributed by atoms with Crippen LogP contribution >= 0.6 is 0 Å². The third kappa shape index (κ3) is 19.8. The molecule has 1 fully saturated rings. The van der Waals surface area contributed by atoms with Crippen LogP contribution in [-0.2, 0) is 81.4 Å². The summed E-state index contributed by atoms with van der Waals surface area (Å²) in [6.45, 7) is 9.77. The number of likely N-dealkylation sites (N-methyl/N-ethyl adjacent to an activating group) is 4. The molecule has 1 aromatic heterocycles. The van der Waals surface area contributed by atoms with Gasteiger partial charge in [-0.2, -0.15) is 4.57 Å². The minimum Gasteiger partial charge on any atom is -0.493 e. The highest BCUT2D eigenvalue weighted by atomic mass is 16.7. The van der Waals surface area contributed by atoms with Crippen LogP contribution in [-0.4, -0.2) is 192 Å². The van der Waals surface area contributed by atoms with Crippen molar-refractivity contribution in [1.29, 1.82) is 0 Å². The first-order chi connectivity index (χ1) is 44.2. The molecule has 1 saturated heterocycles. The van der Waals surface area contributed by atoms with E-state index in [1.54, 1.807) is 40.9 Å². The van der Waals surface area contributed by atoms with Gasteiger partial charge in [-0.1, -0.05) is 38.2 Å². The van der Waals surface area contributed by atoms with Gasteiger partial charge in [-0.05, 0) is 86.5 Å². The number of amides is 5. The Hall–Kier alpha value is -9.34. The second-order valence-corrected chi connectivity index (χ2v) is 23.7. The van der Waals surface area contributed by atoms with Crippen molar-refractivity contribution in [3.63, 3.8) is 0 Å². The molecule has 5 atom stereocenters. The second kappa shape index (κ2) is 32.8. The number of nitrogens with zero attached hydrogens (tertiary/aromatic N) is 5. The Morgan fingerprint density at radius 1 is 0.645 bits per heavy atom. The Balaban J connectivity index is 0.872. The summed E-state index contributed by atoms with van der Waals surface area (Å²) in [7, 11) is 8.78. The molecule has 93 heavy (non-hydrogen) atoms. The number of hydrogen-bond acceptors (Lipinski definition) is 22. The van der Waals surface area contributed by atoms with Crippen LogP contribution in [0, 0.1) is 0 Å². The first-order valence-corrected chi connectivity index (χ1v) is 30.7. The molecule has 3 aliphatic heterocycles. The quantitative estimate of drug-likeness (QED) is 0.0257. The number of pyridine rings is 1. The highest BCUT2D eigenvalue weighted by Gasteiger charge is 2.56. The van der Waals surface area contributed by atoms with Gasteiger partial charge in [-0.25, -0.2) is 24.0 Å². The Morgan fingerprint density at radius 2 is 1.23 bits per heavy atom. The van der Waals surface area contributed by atoms with Crippen LogP contribution in [0.1, 0.15) is 104 Å². The fourth-order valence-electron chi connectivity index (χ4n) is 10.3. The minimum absolute atomic E-state index is 0.0470. The molecule has 7 rings (SSSR count). The lowest BCUT2D eigenvalue weighted by Gasteiger charge is -2.43. The number of rotatable bonds is 27. The maximum Gasteiger partial charge on any atom is 0.415 e. The Kier molecular flexibility index (Phi) is 25.1. The summed E-state index contributed by atoms with van der Waals surface area (Å²) in [4.78, 5) is 121. The summed E-state index contributed by atoms with van der Waals surface area (Å²) in [5.74, 6) is -2.11. The van der Waals surface area contributed by atoms with Crippen molar-refractivity contribution < 1.29 is 109 Å². The van der Waals surface area contributed by atoms with E-state index in [0.29, 0.717) is 48.3 Å². The first kappa shape index (κ1) is 71.1. The zero-order valence-electron chi connectivity index (χ0n) is 54.8. The zero-order valence-corrected chi connectivity index (χ0v) is 54.8. The number of aryl methyl sites for hydroxylation is 2. The highest BCUT2D eigenvalue weighted by molar-refractivity contribution is 5.94. The molecule has 0 saturated carbocycles. The van der Waals surface area contributed by atoms with E-state index < -0.39 is 90.5 Å². The third-order valence-electron chi connectivity index (χ3n) is 15.2. The molecule has 4 aromatic rings. The van der Waals surface area contributed by atoms with Crippen molar-refractivity contribution in [2.45, 2.75) is 149 Å². The van der Waals surface area contributed by atoms with Gasteiger partial charge in [0.1, 0.15) is 18.0 Å². The lowest BCUT2D eigenvalue weighted by atomic mass is 9.95. The molecule has 28 nitrogen and oxygen atoms in total. The van der Waals surface area contributed by atoms with Gasteiger partial charge >= 0.3 is 48.3 Å². The number of esters is 4. The zero-order chi connectivity index (χ0) is 67.7. The molecule has 506 valence electrons. The SMILES string of the molecule is COC(=O)C1O[C@@H](Oc2ccc(COC(=O)N(C)CCN(C)C(=O)OC(C)(C)C)cc2NC(=O)CCCCCCCCCOC(=O)N(C)CCN(C)C(=O)Oc2c(OC)ccc3cc4[n+](cc23)CCc2cc3c(cc2-4)OCO3)[C@H](OC(C)=O)[C@@H](OC(C)=O)[C@@H]1OC(C)=O. The van der Waals surface area contributed by atoms with Crippen molar-refractivity contribution >= 4 is 70.6 Å². The molecule has 4 heterocycles. The monoisotopic (exact) mass is 1300 g/mol. The largest absolute Gasteiger partial charge is 0.493 e. The molecule has 0 aliphatic carbocycles. The van der Waals surface area contributed by atoms with Gasteiger partial charge in [0.15, 0.2) is 54.1 Å². The number of unbranched alkanes of at least 4 members (excludes halogenated alkanes) is 6. The highest BCUT2D eigenvalue weighted by Crippen LogP contribution is 2.42. The van der Waals surface area contributed by atoms with Crippen molar-refractivity contribution in [2.24, 2.45) is 0 Å². The van der Waals surface area contributed by atoms with Gasteiger partial charge in [-0.15, -0.1) is 0 Å². The summed E-state index contributed by atoms with van der Waals surface area (Å²) in [6, 6.07) is 14.2. The summed E-state index contributed by atoms with van der Waals surface area (Å²) < 4.78 is 75.0. The van der Waals surface area contributed by atoms with E-state index in [9.17, 15) is 43.2 Å². The molecule has 3 aromatic carbocycles. The first-order valence-electron chi connectivity index (χ1n) is 30.7. The summed E-state index contributed by atoms with van der Waals surface area (Å²) in [5, 5.41) is 4.38. The van der Waals surface area contributed by atoms with Crippen LogP contribution in [0.5, 0.6) is 28.7 Å². The number of aromatic nitrogens is 1. The Bertz CT molecular complexity index is 3370. The Labute approximate surface area is 539 Å². The number of carbonyl (C=O) groups is 9. The van der Waals surface area contributed by atoms with Crippen molar-refractivity contribution in [2.75, 3.05) is 87.3 Å². The van der Waals surface area contributed by atoms with Gasteiger partial charge in [0.25, 0.3) is 0 Å². The molecule has 0 radical (unpaired) electrons. The lowest BCUT2D eigenvalue weighted by Crippen LogP contribution is -2.64. The normalized spacial score (nSPS) is 16.8. The molecule has 0 spiro atoms. The fourth-order valence-corrected chi connectivity index (χ4v) is 10.3. The molecule has 0 bridgehead atoms. The third-order valence-corrected chi connectivity index (χ3v) is 15.2. The van der Waals surface area contributed by atoms with E-state index in [-0.39, 0.29) is 69.8 Å². The van der Waals surface area contributed by atoms with Crippen molar-refractivity contribution in [1.82, 2.24) is 19.6 Å². The van der Waals surface area contributed by atoms with Crippen LogP contribution in [0.4, 0.5) is 24.9 Å². The van der Waals surface area contributed by atoms with E-state index >= 15 is 0 Å². The lowest BCUT2D eigenvalue weighted by molar-refractivity contribution is -0.686. The molecular formula is C65H85N6O22+. The van der Waals surface area contributed by atoms with Gasteiger partial charge in [0.05, 0.1) is 37.5 Å². The summed E-state index contributed by atoms with van der Waals surface area (Å²) in [6.07, 6.45) is -2.98. The number of benzene rings is 3. The number of carbonyl (C=O) groups excluding carboxylic acids is 9. The average molecular weight is 1300 g/mol. The standard InChI is InChI=1S/C65H84N6O22/c1-39(72)87-55-56(88-40(2)73)58(89-41(3)74)60(91-57(55)59(76)82-12)90-49-23-21-42(37-84-62(78)68(8)28-30-70(10)64(80)93-65(4,5)6)32-47(49)66-53(75)20-18-16-14-13-15-17-19-31-83-61(77)67(7)27-29-69(9)63(79)92-54-46-36-71-26-25-44-34-51-52(86-38-85-51)35-45(44)48(71)33-43(46)22-24-50(54)81-11/h21-24,32-36,55-58,60H,13-20,25-31,37-38H2,1-12H3/p+1/t55-,56-,57?,58+,60+/m0/s1. The van der Waals surface area contributed by atoms with Gasteiger partial charge in [-0.3, -0.25) is 19.2 Å². The average Bonchev–Trinajstić information content (AvgIpc) is 1.50. The topological polar surface area (TPSA) is 302 Å². The van der Waals surface area contributed by atoms with E-state index in [1.807, 2.05) is 24.4 Å². The van der Waals surface area contributed by atoms with E-state index in [0.717, 1.165) is 87.9 Å². The number of nitrogens with one attached hydrogen (secondary N) is 1. The van der Waals surface area contributed by atoms with Crippen molar-refractivity contribution in [3.8, 4) is 40.0 Å².